The van der Waals surface area contributed by atoms with Gasteiger partial charge in [0.05, 0.1) is 21.3 Å². The van der Waals surface area contributed by atoms with E-state index in [1.807, 2.05) is 24.3 Å². The van der Waals surface area contributed by atoms with E-state index in [1.165, 1.54) is 5.56 Å². The summed E-state index contributed by atoms with van der Waals surface area (Å²) >= 11 is 0. The Bertz CT molecular complexity index is 858. The summed E-state index contributed by atoms with van der Waals surface area (Å²) in [5, 5.41) is 0. The molecule has 0 bridgehead atoms. The Balaban J connectivity index is 1.96. The topological polar surface area (TPSA) is 27.7 Å². The molecule has 3 aromatic rings. The zero-order valence-electron chi connectivity index (χ0n) is 16.2. The van der Waals surface area contributed by atoms with Crippen molar-refractivity contribution in [3.05, 3.63) is 77.9 Å². The Labute approximate surface area is 161 Å². The zero-order valence-corrected chi connectivity index (χ0v) is 16.2. The number of rotatable bonds is 8. The van der Waals surface area contributed by atoms with Gasteiger partial charge < -0.3 is 14.2 Å². The summed E-state index contributed by atoms with van der Waals surface area (Å²) in [4.78, 5) is 0. The largest absolute Gasteiger partial charge is 0.492 e. The number of benzene rings is 3. The highest BCUT2D eigenvalue weighted by molar-refractivity contribution is 5.78. The van der Waals surface area contributed by atoms with Crippen molar-refractivity contribution in [3.8, 4) is 28.4 Å². The molecule has 0 N–H and O–H groups in total. The molecule has 0 aliphatic rings. The Hall–Kier alpha value is -2.94. The van der Waals surface area contributed by atoms with Crippen molar-refractivity contribution in [2.24, 2.45) is 0 Å². The molecule has 3 aromatic carbocycles. The van der Waals surface area contributed by atoms with Gasteiger partial charge in [0.2, 0.25) is 5.75 Å². The molecule has 0 saturated heterocycles. The van der Waals surface area contributed by atoms with E-state index < -0.39 is 0 Å². The van der Waals surface area contributed by atoms with Crippen molar-refractivity contribution in [1.29, 1.82) is 0 Å². The van der Waals surface area contributed by atoms with Gasteiger partial charge in [-0.05, 0) is 42.0 Å². The third-order valence-electron chi connectivity index (χ3n) is 4.72. The molecule has 0 aliphatic carbocycles. The minimum atomic E-state index is 0.649. The van der Waals surface area contributed by atoms with Crippen molar-refractivity contribution in [2.75, 3.05) is 21.3 Å². The lowest BCUT2D eigenvalue weighted by atomic mass is 9.96. The predicted octanol–water partition coefficient (Wildman–Crippen LogP) is 5.55. The maximum absolute atomic E-state index is 5.70. The zero-order chi connectivity index (χ0) is 19.1. The van der Waals surface area contributed by atoms with Crippen LogP contribution in [0, 0.1) is 0 Å². The molecule has 0 aliphatic heterocycles. The average molecular weight is 362 g/mol. The van der Waals surface area contributed by atoms with Gasteiger partial charge >= 0.3 is 0 Å². The third-order valence-corrected chi connectivity index (χ3v) is 4.72. The number of hydrogen-bond donors (Lipinski definition) is 0. The summed E-state index contributed by atoms with van der Waals surface area (Å²) in [6, 6.07) is 22.9. The molecule has 0 radical (unpaired) electrons. The van der Waals surface area contributed by atoms with Crippen molar-refractivity contribution in [3.63, 3.8) is 0 Å². The Morgan fingerprint density at radius 1 is 0.630 bits per heavy atom. The van der Waals surface area contributed by atoms with Gasteiger partial charge in [0.1, 0.15) is 0 Å². The van der Waals surface area contributed by atoms with Crippen LogP contribution >= 0.6 is 0 Å². The van der Waals surface area contributed by atoms with Crippen LogP contribution in [0.4, 0.5) is 0 Å². The Morgan fingerprint density at radius 2 is 1.22 bits per heavy atom. The normalized spacial score (nSPS) is 10.5. The third kappa shape index (κ3) is 4.25. The molecule has 0 fully saturated rings. The van der Waals surface area contributed by atoms with E-state index in [0.717, 1.165) is 41.7 Å². The summed E-state index contributed by atoms with van der Waals surface area (Å²) in [6.45, 7) is 0. The van der Waals surface area contributed by atoms with Gasteiger partial charge in [0.25, 0.3) is 0 Å². The fourth-order valence-electron chi connectivity index (χ4n) is 3.43. The van der Waals surface area contributed by atoms with E-state index >= 15 is 0 Å². The highest BCUT2D eigenvalue weighted by Gasteiger charge is 2.21. The lowest BCUT2D eigenvalue weighted by Crippen LogP contribution is -2.02. The molecule has 0 unspecified atom stereocenters. The smallest absolute Gasteiger partial charge is 0.204 e. The van der Waals surface area contributed by atoms with Crippen LogP contribution in [-0.4, -0.2) is 21.3 Å². The van der Waals surface area contributed by atoms with Gasteiger partial charge in [-0.25, -0.2) is 0 Å². The highest BCUT2D eigenvalue weighted by Crippen LogP contribution is 2.47. The molecular formula is C24H26O3. The summed E-state index contributed by atoms with van der Waals surface area (Å²) in [6.07, 6.45) is 2.96. The first-order valence-corrected chi connectivity index (χ1v) is 9.19. The summed E-state index contributed by atoms with van der Waals surface area (Å²) in [5.41, 5.74) is 4.59. The molecule has 3 rings (SSSR count). The minimum Gasteiger partial charge on any atom is -0.492 e. The van der Waals surface area contributed by atoms with Crippen LogP contribution in [0.25, 0.3) is 11.1 Å². The van der Waals surface area contributed by atoms with Crippen molar-refractivity contribution in [2.45, 2.75) is 19.3 Å². The fourth-order valence-corrected chi connectivity index (χ4v) is 3.43. The summed E-state index contributed by atoms with van der Waals surface area (Å²) in [7, 11) is 5.00. The molecule has 3 heteroatoms. The first-order chi connectivity index (χ1) is 13.3. The van der Waals surface area contributed by atoms with E-state index in [-0.39, 0.29) is 0 Å². The van der Waals surface area contributed by atoms with E-state index in [1.54, 1.807) is 21.3 Å². The van der Waals surface area contributed by atoms with E-state index in [2.05, 4.69) is 42.5 Å². The second-order valence-electron chi connectivity index (χ2n) is 6.39. The molecule has 140 valence electrons. The van der Waals surface area contributed by atoms with Gasteiger partial charge in [-0.1, -0.05) is 60.7 Å². The second-order valence-corrected chi connectivity index (χ2v) is 6.39. The maximum Gasteiger partial charge on any atom is 0.204 e. The van der Waals surface area contributed by atoms with E-state index in [0.29, 0.717) is 11.5 Å². The van der Waals surface area contributed by atoms with Gasteiger partial charge in [-0.2, -0.15) is 0 Å². The summed E-state index contributed by atoms with van der Waals surface area (Å²) < 4.78 is 17.1. The molecule has 0 aromatic heterocycles. The Kier molecular flexibility index (Phi) is 6.37. The maximum atomic E-state index is 5.70. The first-order valence-electron chi connectivity index (χ1n) is 9.19. The quantitative estimate of drug-likeness (QED) is 0.525. The fraction of sp³-hybridized carbons (Fsp3) is 0.250. The van der Waals surface area contributed by atoms with Crippen LogP contribution in [0.15, 0.2) is 66.7 Å². The number of hydrogen-bond acceptors (Lipinski definition) is 3. The van der Waals surface area contributed by atoms with E-state index in [9.17, 15) is 0 Å². The monoisotopic (exact) mass is 362 g/mol. The number of ether oxygens (including phenoxy) is 3. The van der Waals surface area contributed by atoms with Crippen molar-refractivity contribution >= 4 is 0 Å². The molecular weight excluding hydrogens is 336 g/mol. The molecule has 0 heterocycles. The molecule has 0 atom stereocenters. The predicted molar refractivity (Wildman–Crippen MR) is 110 cm³/mol. The van der Waals surface area contributed by atoms with E-state index in [4.69, 9.17) is 14.2 Å². The summed E-state index contributed by atoms with van der Waals surface area (Å²) in [5.74, 6) is 2.10. The van der Waals surface area contributed by atoms with Crippen LogP contribution < -0.4 is 14.2 Å². The van der Waals surface area contributed by atoms with Gasteiger partial charge in [-0.15, -0.1) is 0 Å². The molecule has 0 spiro atoms. The molecule has 27 heavy (non-hydrogen) atoms. The van der Waals surface area contributed by atoms with Crippen molar-refractivity contribution < 1.29 is 14.2 Å². The number of methoxy groups -OCH3 is 3. The average Bonchev–Trinajstić information content (AvgIpc) is 2.74. The lowest BCUT2D eigenvalue weighted by molar-refractivity contribution is 0.323. The second kappa shape index (κ2) is 9.13. The lowest BCUT2D eigenvalue weighted by Gasteiger charge is -2.19. The molecule has 0 amide bonds. The van der Waals surface area contributed by atoms with Gasteiger partial charge in [0, 0.05) is 5.56 Å². The van der Waals surface area contributed by atoms with Crippen LogP contribution in [-0.2, 0) is 12.8 Å². The molecule has 0 saturated carbocycles. The molecule has 3 nitrogen and oxygen atoms in total. The van der Waals surface area contributed by atoms with Crippen LogP contribution in [0.5, 0.6) is 17.2 Å². The Morgan fingerprint density at radius 3 is 1.81 bits per heavy atom. The van der Waals surface area contributed by atoms with Crippen LogP contribution in [0.2, 0.25) is 0 Å². The van der Waals surface area contributed by atoms with Gasteiger partial charge in [0.15, 0.2) is 11.5 Å². The number of aryl methyl sites for hydroxylation is 2. The SMILES string of the molecule is COc1c(CCCc2ccccc2)cc(-c2ccccc2)c(OC)c1OC. The van der Waals surface area contributed by atoms with Crippen LogP contribution in [0.1, 0.15) is 17.5 Å². The van der Waals surface area contributed by atoms with Gasteiger partial charge in [-0.3, -0.25) is 0 Å². The first kappa shape index (κ1) is 18.8. The highest BCUT2D eigenvalue weighted by atomic mass is 16.5. The minimum absolute atomic E-state index is 0.649. The van der Waals surface area contributed by atoms with Crippen LogP contribution in [0.3, 0.4) is 0 Å². The standard InChI is InChI=1S/C24H26O3/c1-25-22-20(16-10-13-18-11-6-4-7-12-18)17-21(19-14-8-5-9-15-19)23(26-2)24(22)27-3/h4-9,11-12,14-15,17H,10,13,16H2,1-3H3. The van der Waals surface area contributed by atoms with Crippen molar-refractivity contribution in [1.82, 2.24) is 0 Å².